The van der Waals surface area contributed by atoms with Gasteiger partial charge in [-0.15, -0.1) is 0 Å². The summed E-state index contributed by atoms with van der Waals surface area (Å²) in [7, 11) is 0. The van der Waals surface area contributed by atoms with Crippen molar-refractivity contribution in [1.29, 1.82) is 5.26 Å². The van der Waals surface area contributed by atoms with Crippen molar-refractivity contribution in [2.45, 2.75) is 13.0 Å². The molecule has 0 fully saturated rings. The van der Waals surface area contributed by atoms with Gasteiger partial charge < -0.3 is 15.7 Å². The third-order valence-electron chi connectivity index (χ3n) is 5.92. The van der Waals surface area contributed by atoms with Crippen LogP contribution >= 0.6 is 11.6 Å². The molecule has 0 aliphatic heterocycles. The number of carboxylic acid groups (broad SMARTS) is 1. The van der Waals surface area contributed by atoms with Gasteiger partial charge >= 0.3 is 5.97 Å². The highest BCUT2D eigenvalue weighted by molar-refractivity contribution is 6.30. The van der Waals surface area contributed by atoms with Crippen molar-refractivity contribution in [2.75, 3.05) is 11.9 Å². The fourth-order valence-electron chi connectivity index (χ4n) is 3.95. The van der Waals surface area contributed by atoms with Gasteiger partial charge in [-0.05, 0) is 59.7 Å². The fourth-order valence-corrected chi connectivity index (χ4v) is 4.11. The molecule has 1 aromatic heterocycles. The highest BCUT2D eigenvalue weighted by Crippen LogP contribution is 2.31. The molecule has 0 aliphatic carbocycles. The van der Waals surface area contributed by atoms with Gasteiger partial charge in [-0.3, -0.25) is 14.6 Å². The molecule has 1 amide bonds. The van der Waals surface area contributed by atoms with Gasteiger partial charge in [0.2, 0.25) is 0 Å². The zero-order valence-electron chi connectivity index (χ0n) is 20.6. The van der Waals surface area contributed by atoms with Crippen LogP contribution < -0.4 is 10.6 Å². The summed E-state index contributed by atoms with van der Waals surface area (Å²) in [4.78, 5) is 26.8. The number of amides is 1. The minimum atomic E-state index is -1.07. The average Bonchev–Trinajstić information content (AvgIpc) is 2.93. The number of nitrogens with one attached hydrogen (secondary N) is 2. The van der Waals surface area contributed by atoms with Gasteiger partial charge in [0.1, 0.15) is 11.5 Å². The number of benzene rings is 3. The molecule has 0 saturated heterocycles. The maximum Gasteiger partial charge on any atom is 0.305 e. The van der Waals surface area contributed by atoms with Crippen LogP contribution in [0.25, 0.3) is 22.3 Å². The quantitative estimate of drug-likeness (QED) is 0.224. The van der Waals surface area contributed by atoms with E-state index in [1.807, 2.05) is 6.07 Å². The van der Waals surface area contributed by atoms with Crippen LogP contribution in [0.4, 0.5) is 18.9 Å². The molecule has 40 heavy (non-hydrogen) atoms. The first-order valence-corrected chi connectivity index (χ1v) is 12.2. The standard InChI is InChI=1S/C29H20ClF3N4O3/c30-19-2-4-22(24(31)11-19)21-5-3-20(9-17(21)13-34)36-15-18-10-25(32)26(33)12-23(18)16-1-6-27(37-14-16)29(40)35-8-7-28(38)39/h1-6,9-12,14,36H,7-8,15H2,(H,35,40)(H,38,39). The van der Waals surface area contributed by atoms with Crippen molar-refractivity contribution in [3.05, 3.63) is 106 Å². The first-order valence-electron chi connectivity index (χ1n) is 11.8. The number of hydrogen-bond donors (Lipinski definition) is 3. The molecule has 3 aromatic carbocycles. The predicted octanol–water partition coefficient (Wildman–Crippen LogP) is 6.17. The van der Waals surface area contributed by atoms with Crippen LogP contribution in [0.1, 0.15) is 28.0 Å². The lowest BCUT2D eigenvalue weighted by atomic mass is 9.98. The van der Waals surface area contributed by atoms with Gasteiger partial charge in [-0.2, -0.15) is 5.26 Å². The summed E-state index contributed by atoms with van der Waals surface area (Å²) in [6.07, 6.45) is 1.08. The van der Waals surface area contributed by atoms with Crippen LogP contribution in [0.3, 0.4) is 0 Å². The number of halogens is 4. The minimum absolute atomic E-state index is 0.0256. The van der Waals surface area contributed by atoms with Crippen molar-refractivity contribution >= 4 is 29.2 Å². The third kappa shape index (κ3) is 6.57. The lowest BCUT2D eigenvalue weighted by Crippen LogP contribution is -2.26. The lowest BCUT2D eigenvalue weighted by molar-refractivity contribution is -0.136. The molecule has 11 heteroatoms. The van der Waals surface area contributed by atoms with E-state index >= 15 is 0 Å². The summed E-state index contributed by atoms with van der Waals surface area (Å²) in [5.41, 5.74) is 2.37. The van der Waals surface area contributed by atoms with E-state index in [2.05, 4.69) is 15.6 Å². The van der Waals surface area contributed by atoms with Crippen LogP contribution in [0.2, 0.25) is 5.02 Å². The molecule has 1 heterocycles. The second kappa shape index (κ2) is 12.3. The molecule has 0 aliphatic rings. The van der Waals surface area contributed by atoms with E-state index in [0.29, 0.717) is 27.9 Å². The molecule has 4 rings (SSSR count). The van der Waals surface area contributed by atoms with Crippen molar-refractivity contribution in [3.63, 3.8) is 0 Å². The van der Waals surface area contributed by atoms with Gasteiger partial charge in [0.25, 0.3) is 5.91 Å². The van der Waals surface area contributed by atoms with E-state index in [1.54, 1.807) is 12.1 Å². The largest absolute Gasteiger partial charge is 0.481 e. The molecular formula is C29H20ClF3N4O3. The highest BCUT2D eigenvalue weighted by Gasteiger charge is 2.15. The van der Waals surface area contributed by atoms with E-state index in [1.165, 1.54) is 36.5 Å². The average molecular weight is 565 g/mol. The summed E-state index contributed by atoms with van der Waals surface area (Å²) in [5, 5.41) is 24.1. The Morgan fingerprint density at radius 2 is 1.68 bits per heavy atom. The number of aromatic nitrogens is 1. The van der Waals surface area contributed by atoms with Gasteiger partial charge in [-0.25, -0.2) is 13.2 Å². The number of carbonyl (C=O) groups excluding carboxylic acids is 1. The summed E-state index contributed by atoms with van der Waals surface area (Å²) in [6, 6.07) is 15.9. The third-order valence-corrected chi connectivity index (χ3v) is 6.16. The zero-order valence-corrected chi connectivity index (χ0v) is 21.4. The molecule has 202 valence electrons. The van der Waals surface area contributed by atoms with Crippen LogP contribution in [-0.2, 0) is 11.3 Å². The molecule has 0 atom stereocenters. The summed E-state index contributed by atoms with van der Waals surface area (Å²) >= 11 is 5.83. The summed E-state index contributed by atoms with van der Waals surface area (Å²) < 4.78 is 42.8. The first-order chi connectivity index (χ1) is 19.2. The Balaban J connectivity index is 1.56. The van der Waals surface area contributed by atoms with Crippen LogP contribution in [0.5, 0.6) is 0 Å². The molecular weight excluding hydrogens is 545 g/mol. The van der Waals surface area contributed by atoms with E-state index in [-0.39, 0.29) is 41.4 Å². The maximum absolute atomic E-state index is 14.4. The number of anilines is 1. The Kier molecular flexibility index (Phi) is 8.67. The number of pyridine rings is 1. The molecule has 0 unspecified atom stereocenters. The van der Waals surface area contributed by atoms with Crippen LogP contribution in [-0.4, -0.2) is 28.5 Å². The maximum atomic E-state index is 14.4. The minimum Gasteiger partial charge on any atom is -0.481 e. The Morgan fingerprint density at radius 3 is 2.35 bits per heavy atom. The topological polar surface area (TPSA) is 115 Å². The summed E-state index contributed by atoms with van der Waals surface area (Å²) in [6.45, 7) is -0.0385. The second-order valence-electron chi connectivity index (χ2n) is 8.61. The SMILES string of the molecule is N#Cc1cc(NCc2cc(F)c(F)cc2-c2ccc(C(=O)NCCC(=O)O)nc2)ccc1-c1ccc(Cl)cc1F. The predicted molar refractivity (Wildman–Crippen MR) is 143 cm³/mol. The van der Waals surface area contributed by atoms with Crippen molar-refractivity contribution in [3.8, 4) is 28.3 Å². The van der Waals surface area contributed by atoms with Crippen LogP contribution in [0.15, 0.2) is 66.9 Å². The molecule has 7 nitrogen and oxygen atoms in total. The molecule has 0 saturated carbocycles. The Hall–Kier alpha value is -4.88. The molecule has 0 bridgehead atoms. The highest BCUT2D eigenvalue weighted by atomic mass is 35.5. The number of hydrogen-bond acceptors (Lipinski definition) is 5. The smallest absolute Gasteiger partial charge is 0.305 e. The molecule has 3 N–H and O–H groups in total. The molecule has 0 spiro atoms. The van der Waals surface area contributed by atoms with E-state index in [9.17, 15) is 28.0 Å². The number of carbonyl (C=O) groups is 2. The van der Waals surface area contributed by atoms with E-state index < -0.39 is 29.3 Å². The molecule has 0 radical (unpaired) electrons. The number of aliphatic carboxylic acids is 1. The fraction of sp³-hybridized carbons (Fsp3) is 0.103. The monoisotopic (exact) mass is 564 g/mol. The summed E-state index contributed by atoms with van der Waals surface area (Å²) in [5.74, 6) is -4.34. The number of nitrogens with zero attached hydrogens (tertiary/aromatic N) is 2. The van der Waals surface area contributed by atoms with Gasteiger partial charge in [-0.1, -0.05) is 23.7 Å². The number of carboxylic acids is 1. The Bertz CT molecular complexity index is 1640. The number of nitriles is 1. The van der Waals surface area contributed by atoms with E-state index in [4.69, 9.17) is 16.7 Å². The molecule has 4 aromatic rings. The lowest BCUT2D eigenvalue weighted by Gasteiger charge is -2.14. The Morgan fingerprint density at radius 1 is 0.925 bits per heavy atom. The Labute approximate surface area is 231 Å². The second-order valence-corrected chi connectivity index (χ2v) is 9.04. The van der Waals surface area contributed by atoms with Crippen molar-refractivity contribution in [2.24, 2.45) is 0 Å². The van der Waals surface area contributed by atoms with Gasteiger partial charge in [0, 0.05) is 46.7 Å². The van der Waals surface area contributed by atoms with Crippen LogP contribution in [0, 0.1) is 28.8 Å². The van der Waals surface area contributed by atoms with Crippen molar-refractivity contribution in [1.82, 2.24) is 10.3 Å². The zero-order chi connectivity index (χ0) is 28.8. The van der Waals surface area contributed by atoms with Crippen molar-refractivity contribution < 1.29 is 27.9 Å². The number of rotatable bonds is 9. The first kappa shape index (κ1) is 28.1. The normalized spacial score (nSPS) is 10.6. The van der Waals surface area contributed by atoms with E-state index in [0.717, 1.165) is 18.2 Å². The van der Waals surface area contributed by atoms with Gasteiger partial charge in [0.05, 0.1) is 18.1 Å². The van der Waals surface area contributed by atoms with Gasteiger partial charge in [0.15, 0.2) is 11.6 Å².